The molecule has 5 heteroatoms. The van der Waals surface area contributed by atoms with Crippen LogP contribution in [0.1, 0.15) is 25.8 Å². The molecule has 1 amide bonds. The molecule has 122 valence electrons. The predicted molar refractivity (Wildman–Crippen MR) is 89.6 cm³/mol. The number of benzene rings is 1. The zero-order chi connectivity index (χ0) is 16.7. The molecule has 0 unspecified atom stereocenters. The maximum atomic E-state index is 12.0. The van der Waals surface area contributed by atoms with Gasteiger partial charge in [0.2, 0.25) is 5.91 Å². The molecule has 2 rings (SSSR count). The third-order valence-electron chi connectivity index (χ3n) is 3.61. The summed E-state index contributed by atoms with van der Waals surface area (Å²) in [6.07, 6.45) is 4.27. The molecule has 2 aromatic rings. The first-order chi connectivity index (χ1) is 11.1. The highest BCUT2D eigenvalue weighted by atomic mass is 16.5. The van der Waals surface area contributed by atoms with Gasteiger partial charge in [0.15, 0.2) is 11.5 Å². The number of aromatic nitrogens is 1. The fourth-order valence-electron chi connectivity index (χ4n) is 1.96. The second kappa shape index (κ2) is 8.17. The smallest absolute Gasteiger partial charge is 0.227 e. The van der Waals surface area contributed by atoms with E-state index in [0.29, 0.717) is 23.8 Å². The molecule has 0 aliphatic rings. The summed E-state index contributed by atoms with van der Waals surface area (Å²) in [6, 6.07) is 9.16. The number of hydrogen-bond donors (Lipinski definition) is 1. The molecule has 0 saturated heterocycles. The minimum Gasteiger partial charge on any atom is -0.493 e. The molecule has 0 radical (unpaired) electrons. The minimum absolute atomic E-state index is 0.00382. The van der Waals surface area contributed by atoms with Crippen molar-refractivity contribution in [1.82, 2.24) is 4.98 Å². The van der Waals surface area contributed by atoms with E-state index in [1.165, 1.54) is 0 Å². The molecule has 1 N–H and O–H groups in total. The Hall–Kier alpha value is -2.56. The second-order valence-corrected chi connectivity index (χ2v) is 5.31. The molecule has 5 nitrogen and oxygen atoms in total. The zero-order valence-electron chi connectivity index (χ0n) is 13.7. The highest BCUT2D eigenvalue weighted by molar-refractivity contribution is 5.92. The van der Waals surface area contributed by atoms with Crippen LogP contribution in [0.2, 0.25) is 0 Å². The van der Waals surface area contributed by atoms with Crippen LogP contribution in [0.5, 0.6) is 11.5 Å². The molecule has 0 saturated carbocycles. The number of nitrogens with zero attached hydrogens (tertiary/aromatic N) is 1. The minimum atomic E-state index is -0.0307. The molecule has 1 atom stereocenters. The lowest BCUT2D eigenvalue weighted by atomic mass is 10.1. The lowest BCUT2D eigenvalue weighted by Gasteiger charge is -2.14. The summed E-state index contributed by atoms with van der Waals surface area (Å²) in [5.41, 5.74) is 1.65. The van der Waals surface area contributed by atoms with Gasteiger partial charge in [-0.25, -0.2) is 0 Å². The van der Waals surface area contributed by atoms with Crippen LogP contribution in [0, 0.1) is 5.92 Å². The SMILES string of the molecule is CC[C@H](C)C(=O)Nc1ccc(OC)c(OCc2cccnc2)c1. The van der Waals surface area contributed by atoms with Crippen LogP contribution < -0.4 is 14.8 Å². The van der Waals surface area contributed by atoms with Crippen LogP contribution in [-0.4, -0.2) is 18.0 Å². The number of hydrogen-bond acceptors (Lipinski definition) is 4. The predicted octanol–water partition coefficient (Wildman–Crippen LogP) is 3.65. The number of amides is 1. The van der Waals surface area contributed by atoms with E-state index >= 15 is 0 Å². The summed E-state index contributed by atoms with van der Waals surface area (Å²) in [7, 11) is 1.59. The van der Waals surface area contributed by atoms with Gasteiger partial charge in [-0.3, -0.25) is 9.78 Å². The fraction of sp³-hybridized carbons (Fsp3) is 0.333. The van der Waals surface area contributed by atoms with Crippen molar-refractivity contribution in [3.05, 3.63) is 48.3 Å². The van der Waals surface area contributed by atoms with Crippen LogP contribution in [0.4, 0.5) is 5.69 Å². The van der Waals surface area contributed by atoms with Crippen LogP contribution in [0.3, 0.4) is 0 Å². The molecule has 1 aromatic carbocycles. The average Bonchev–Trinajstić information content (AvgIpc) is 2.60. The lowest BCUT2D eigenvalue weighted by Crippen LogP contribution is -2.19. The molecule has 0 bridgehead atoms. The molecule has 1 aromatic heterocycles. The summed E-state index contributed by atoms with van der Waals surface area (Å²) in [5, 5.41) is 2.90. The fourth-order valence-corrected chi connectivity index (χ4v) is 1.96. The topological polar surface area (TPSA) is 60.5 Å². The van der Waals surface area contributed by atoms with Crippen molar-refractivity contribution in [3.63, 3.8) is 0 Å². The maximum absolute atomic E-state index is 12.0. The van der Waals surface area contributed by atoms with Crippen LogP contribution in [-0.2, 0) is 11.4 Å². The number of carbonyl (C=O) groups is 1. The Labute approximate surface area is 136 Å². The highest BCUT2D eigenvalue weighted by Gasteiger charge is 2.12. The van der Waals surface area contributed by atoms with Crippen LogP contribution in [0.25, 0.3) is 0 Å². The van der Waals surface area contributed by atoms with Crippen molar-refractivity contribution < 1.29 is 14.3 Å². The average molecular weight is 314 g/mol. The summed E-state index contributed by atoms with van der Waals surface area (Å²) in [6.45, 7) is 4.27. The second-order valence-electron chi connectivity index (χ2n) is 5.31. The molecule has 23 heavy (non-hydrogen) atoms. The van der Waals surface area contributed by atoms with Crippen molar-refractivity contribution in [2.24, 2.45) is 5.92 Å². The van der Waals surface area contributed by atoms with E-state index in [2.05, 4.69) is 10.3 Å². The Kier molecular flexibility index (Phi) is 5.97. The van der Waals surface area contributed by atoms with Gasteiger partial charge >= 0.3 is 0 Å². The number of pyridine rings is 1. The third kappa shape index (κ3) is 4.71. The van der Waals surface area contributed by atoms with Gasteiger partial charge in [0.25, 0.3) is 0 Å². The molecule has 0 aliphatic carbocycles. The van der Waals surface area contributed by atoms with Crippen molar-refractivity contribution in [2.45, 2.75) is 26.9 Å². The number of nitrogens with one attached hydrogen (secondary N) is 1. The summed E-state index contributed by atoms with van der Waals surface area (Å²) >= 11 is 0. The van der Waals surface area contributed by atoms with Crippen LogP contribution >= 0.6 is 0 Å². The quantitative estimate of drug-likeness (QED) is 0.847. The van der Waals surface area contributed by atoms with E-state index in [-0.39, 0.29) is 11.8 Å². The summed E-state index contributed by atoms with van der Waals surface area (Å²) in [5.74, 6) is 1.17. The van der Waals surface area contributed by atoms with E-state index in [4.69, 9.17) is 9.47 Å². The lowest BCUT2D eigenvalue weighted by molar-refractivity contribution is -0.119. The van der Waals surface area contributed by atoms with Gasteiger partial charge in [0.05, 0.1) is 7.11 Å². The number of methoxy groups -OCH3 is 1. The van der Waals surface area contributed by atoms with Gasteiger partial charge < -0.3 is 14.8 Å². The third-order valence-corrected chi connectivity index (χ3v) is 3.61. The monoisotopic (exact) mass is 314 g/mol. The first kappa shape index (κ1) is 16.8. The first-order valence-corrected chi connectivity index (χ1v) is 7.64. The van der Waals surface area contributed by atoms with Gasteiger partial charge in [0.1, 0.15) is 6.61 Å². The summed E-state index contributed by atoms with van der Waals surface area (Å²) < 4.78 is 11.1. The van der Waals surface area contributed by atoms with E-state index in [1.54, 1.807) is 37.7 Å². The van der Waals surface area contributed by atoms with Crippen molar-refractivity contribution in [3.8, 4) is 11.5 Å². The summed E-state index contributed by atoms with van der Waals surface area (Å²) in [4.78, 5) is 16.1. The molecule has 0 fully saturated rings. The molecule has 0 spiro atoms. The van der Waals surface area contributed by atoms with E-state index in [9.17, 15) is 4.79 Å². The van der Waals surface area contributed by atoms with Gasteiger partial charge in [-0.2, -0.15) is 0 Å². The largest absolute Gasteiger partial charge is 0.493 e. The van der Waals surface area contributed by atoms with Crippen molar-refractivity contribution in [2.75, 3.05) is 12.4 Å². The van der Waals surface area contributed by atoms with Crippen molar-refractivity contribution >= 4 is 11.6 Å². The Bertz CT molecular complexity index is 644. The Morgan fingerprint density at radius 2 is 2.13 bits per heavy atom. The van der Waals surface area contributed by atoms with E-state index < -0.39 is 0 Å². The van der Waals surface area contributed by atoms with E-state index in [0.717, 1.165) is 12.0 Å². The Morgan fingerprint density at radius 3 is 2.78 bits per heavy atom. The molecular formula is C18H22N2O3. The van der Waals surface area contributed by atoms with Crippen molar-refractivity contribution in [1.29, 1.82) is 0 Å². The van der Waals surface area contributed by atoms with Gasteiger partial charge in [-0.05, 0) is 24.6 Å². The van der Waals surface area contributed by atoms with Crippen LogP contribution in [0.15, 0.2) is 42.7 Å². The van der Waals surface area contributed by atoms with Gasteiger partial charge in [-0.1, -0.05) is 19.9 Å². The Balaban J connectivity index is 2.10. The maximum Gasteiger partial charge on any atom is 0.227 e. The molecular weight excluding hydrogens is 292 g/mol. The standard InChI is InChI=1S/C18H22N2O3/c1-4-13(2)18(21)20-15-7-8-16(22-3)17(10-15)23-12-14-6-5-9-19-11-14/h5-11,13H,4,12H2,1-3H3,(H,20,21)/t13-/m0/s1. The van der Waals surface area contributed by atoms with Gasteiger partial charge in [-0.15, -0.1) is 0 Å². The molecule has 0 aliphatic heterocycles. The number of anilines is 1. The Morgan fingerprint density at radius 1 is 1.30 bits per heavy atom. The first-order valence-electron chi connectivity index (χ1n) is 7.64. The van der Waals surface area contributed by atoms with E-state index in [1.807, 2.05) is 26.0 Å². The number of rotatable bonds is 7. The number of ether oxygens (including phenoxy) is 2. The number of carbonyl (C=O) groups excluding carboxylic acids is 1. The highest BCUT2D eigenvalue weighted by Crippen LogP contribution is 2.31. The van der Waals surface area contributed by atoms with Gasteiger partial charge in [0, 0.05) is 35.6 Å². The normalized spacial score (nSPS) is 11.6. The zero-order valence-corrected chi connectivity index (χ0v) is 13.7. The molecule has 1 heterocycles.